The molecule has 1 N–H and O–H groups in total. The normalized spacial score (nSPS) is 15.8. The number of benzene rings is 2. The fourth-order valence-corrected chi connectivity index (χ4v) is 4.27. The van der Waals surface area contributed by atoms with Gasteiger partial charge in [0.05, 0.1) is 12.5 Å². The fraction of sp³-hybridized carbons (Fsp3) is 0.304. The molecule has 7 nitrogen and oxygen atoms in total. The smallest absolute Gasteiger partial charge is 0.231 e. The molecule has 2 heterocycles. The summed E-state index contributed by atoms with van der Waals surface area (Å²) in [7, 11) is 0. The third-order valence-corrected chi connectivity index (χ3v) is 6.02. The number of hydrogen-bond donors (Lipinski definition) is 1. The highest BCUT2D eigenvalue weighted by Crippen LogP contribution is 2.28. The van der Waals surface area contributed by atoms with Crippen LogP contribution in [0.1, 0.15) is 23.9 Å². The standard InChI is InChI=1S/C23H24N4O3S/c1-2-30-19-11-9-18(10-12-19)27-15-17(14-21(27)28)22(29)24-23-26-25-20(31-23)13-8-16-6-4-3-5-7-16/h3-7,9-12,17H,2,8,13-15H2,1H3,(H,24,26,29)/t17-/m0/s1. The first kappa shape index (κ1) is 21.0. The minimum atomic E-state index is -0.421. The van der Waals surface area contributed by atoms with Gasteiger partial charge in [-0.15, -0.1) is 10.2 Å². The van der Waals surface area contributed by atoms with Crippen molar-refractivity contribution in [1.29, 1.82) is 0 Å². The number of nitrogens with zero attached hydrogens (tertiary/aromatic N) is 3. The van der Waals surface area contributed by atoms with Crippen molar-refractivity contribution in [2.45, 2.75) is 26.2 Å². The molecule has 1 fully saturated rings. The number of ether oxygens (including phenoxy) is 1. The third kappa shape index (κ3) is 5.27. The quantitative estimate of drug-likeness (QED) is 0.582. The SMILES string of the molecule is CCOc1ccc(N2C[C@@H](C(=O)Nc3nnc(CCc4ccccc4)s3)CC2=O)cc1. The Labute approximate surface area is 185 Å². The first-order valence-electron chi connectivity index (χ1n) is 10.3. The molecule has 1 saturated heterocycles. The van der Waals surface area contributed by atoms with Crippen molar-refractivity contribution in [2.24, 2.45) is 5.92 Å². The first-order chi connectivity index (χ1) is 15.1. The molecule has 1 aliphatic rings. The molecule has 0 radical (unpaired) electrons. The molecule has 2 amide bonds. The first-order valence-corrected chi connectivity index (χ1v) is 11.1. The summed E-state index contributed by atoms with van der Waals surface area (Å²) < 4.78 is 5.44. The minimum Gasteiger partial charge on any atom is -0.494 e. The zero-order chi connectivity index (χ0) is 21.6. The lowest BCUT2D eigenvalue weighted by Gasteiger charge is -2.17. The van der Waals surface area contributed by atoms with Crippen LogP contribution in [-0.4, -0.2) is 35.2 Å². The van der Waals surface area contributed by atoms with Crippen molar-refractivity contribution in [3.05, 3.63) is 65.2 Å². The van der Waals surface area contributed by atoms with Gasteiger partial charge in [0.1, 0.15) is 10.8 Å². The molecule has 2 aromatic carbocycles. The van der Waals surface area contributed by atoms with Crippen LogP contribution in [0.15, 0.2) is 54.6 Å². The topological polar surface area (TPSA) is 84.4 Å². The van der Waals surface area contributed by atoms with Crippen LogP contribution in [0.4, 0.5) is 10.8 Å². The highest BCUT2D eigenvalue weighted by Gasteiger charge is 2.35. The van der Waals surface area contributed by atoms with Crippen molar-refractivity contribution >= 4 is 34.0 Å². The average Bonchev–Trinajstić information content (AvgIpc) is 3.40. The largest absolute Gasteiger partial charge is 0.494 e. The summed E-state index contributed by atoms with van der Waals surface area (Å²) in [6, 6.07) is 17.5. The van der Waals surface area contributed by atoms with E-state index in [2.05, 4.69) is 27.6 Å². The summed E-state index contributed by atoms with van der Waals surface area (Å²) >= 11 is 1.38. The molecule has 8 heteroatoms. The Kier molecular flexibility index (Phi) is 6.57. The fourth-order valence-electron chi connectivity index (χ4n) is 3.53. The van der Waals surface area contributed by atoms with Crippen LogP contribution in [0.3, 0.4) is 0 Å². The van der Waals surface area contributed by atoms with E-state index in [9.17, 15) is 9.59 Å². The number of rotatable bonds is 8. The zero-order valence-electron chi connectivity index (χ0n) is 17.3. The molecule has 0 aliphatic carbocycles. The van der Waals surface area contributed by atoms with Crippen molar-refractivity contribution in [2.75, 3.05) is 23.4 Å². The summed E-state index contributed by atoms with van der Waals surface area (Å²) in [5.74, 6) is 0.0694. The predicted octanol–water partition coefficient (Wildman–Crippen LogP) is 3.71. The van der Waals surface area contributed by atoms with Gasteiger partial charge in [-0.3, -0.25) is 9.59 Å². The van der Waals surface area contributed by atoms with E-state index < -0.39 is 5.92 Å². The summed E-state index contributed by atoms with van der Waals surface area (Å²) in [4.78, 5) is 26.8. The molecule has 3 aromatic rings. The molecule has 4 rings (SSSR count). The number of nitrogens with one attached hydrogen (secondary N) is 1. The van der Waals surface area contributed by atoms with Gasteiger partial charge in [0.15, 0.2) is 0 Å². The van der Waals surface area contributed by atoms with Gasteiger partial charge in [-0.05, 0) is 43.2 Å². The lowest BCUT2D eigenvalue weighted by Crippen LogP contribution is -2.28. The molecule has 1 atom stereocenters. The molecule has 0 saturated carbocycles. The van der Waals surface area contributed by atoms with Crippen LogP contribution in [-0.2, 0) is 22.4 Å². The van der Waals surface area contributed by atoms with Gasteiger partial charge in [0, 0.05) is 25.1 Å². The Hall–Kier alpha value is -3.26. The zero-order valence-corrected chi connectivity index (χ0v) is 18.1. The van der Waals surface area contributed by atoms with Crippen LogP contribution in [0.2, 0.25) is 0 Å². The molecular weight excluding hydrogens is 412 g/mol. The summed E-state index contributed by atoms with van der Waals surface area (Å²) in [5.41, 5.74) is 2.00. The molecular formula is C23H24N4O3S. The lowest BCUT2D eigenvalue weighted by atomic mass is 10.1. The van der Waals surface area contributed by atoms with Crippen molar-refractivity contribution in [3.8, 4) is 5.75 Å². The van der Waals surface area contributed by atoms with E-state index in [1.165, 1.54) is 16.9 Å². The summed E-state index contributed by atoms with van der Waals surface area (Å²) in [6.07, 6.45) is 1.82. The molecule has 31 heavy (non-hydrogen) atoms. The lowest BCUT2D eigenvalue weighted by molar-refractivity contribution is -0.122. The Morgan fingerprint density at radius 3 is 2.65 bits per heavy atom. The van der Waals surface area contributed by atoms with Gasteiger partial charge in [0.2, 0.25) is 16.9 Å². The van der Waals surface area contributed by atoms with Crippen LogP contribution in [0.25, 0.3) is 0 Å². The highest BCUT2D eigenvalue weighted by molar-refractivity contribution is 7.15. The van der Waals surface area contributed by atoms with E-state index in [1.54, 1.807) is 4.90 Å². The van der Waals surface area contributed by atoms with Gasteiger partial charge < -0.3 is 15.0 Å². The number of aryl methyl sites for hydroxylation is 2. The van der Waals surface area contributed by atoms with Crippen LogP contribution in [0.5, 0.6) is 5.75 Å². The van der Waals surface area contributed by atoms with Crippen molar-refractivity contribution in [1.82, 2.24) is 10.2 Å². The molecule has 0 unspecified atom stereocenters. The Morgan fingerprint density at radius 2 is 1.90 bits per heavy atom. The van der Waals surface area contributed by atoms with Crippen molar-refractivity contribution in [3.63, 3.8) is 0 Å². The van der Waals surface area contributed by atoms with E-state index in [4.69, 9.17) is 4.74 Å². The van der Waals surface area contributed by atoms with Gasteiger partial charge >= 0.3 is 0 Å². The molecule has 0 spiro atoms. The van der Waals surface area contributed by atoms with Crippen LogP contribution >= 0.6 is 11.3 Å². The number of carbonyl (C=O) groups is 2. The van der Waals surface area contributed by atoms with Gasteiger partial charge in [-0.2, -0.15) is 0 Å². The summed E-state index contributed by atoms with van der Waals surface area (Å²) in [5, 5.41) is 12.4. The monoisotopic (exact) mass is 436 g/mol. The second-order valence-corrected chi connectivity index (χ2v) is 8.37. The van der Waals surface area contributed by atoms with Crippen LogP contribution in [0, 0.1) is 5.92 Å². The number of anilines is 2. The van der Waals surface area contributed by atoms with E-state index in [0.717, 1.165) is 29.3 Å². The average molecular weight is 437 g/mol. The Bertz CT molecular complexity index is 1040. The molecule has 1 aliphatic heterocycles. The second kappa shape index (κ2) is 9.70. The summed E-state index contributed by atoms with van der Waals surface area (Å²) in [6.45, 7) is 2.85. The number of hydrogen-bond acceptors (Lipinski definition) is 6. The molecule has 160 valence electrons. The minimum absolute atomic E-state index is 0.0647. The maximum Gasteiger partial charge on any atom is 0.231 e. The van der Waals surface area contributed by atoms with Crippen LogP contribution < -0.4 is 15.0 Å². The number of amides is 2. The number of aromatic nitrogens is 2. The van der Waals surface area contributed by atoms with Crippen molar-refractivity contribution < 1.29 is 14.3 Å². The van der Waals surface area contributed by atoms with E-state index in [-0.39, 0.29) is 18.2 Å². The van der Waals surface area contributed by atoms with E-state index in [0.29, 0.717) is 18.3 Å². The van der Waals surface area contributed by atoms with E-state index in [1.807, 2.05) is 49.4 Å². The Balaban J connectivity index is 1.32. The predicted molar refractivity (Wildman–Crippen MR) is 120 cm³/mol. The third-order valence-electron chi connectivity index (χ3n) is 5.12. The second-order valence-electron chi connectivity index (χ2n) is 7.31. The maximum atomic E-state index is 12.7. The maximum absolute atomic E-state index is 12.7. The van der Waals surface area contributed by atoms with Gasteiger partial charge in [-0.25, -0.2) is 0 Å². The van der Waals surface area contributed by atoms with Gasteiger partial charge in [0.25, 0.3) is 0 Å². The number of carbonyl (C=O) groups excluding carboxylic acids is 2. The molecule has 1 aromatic heterocycles. The van der Waals surface area contributed by atoms with Gasteiger partial charge in [-0.1, -0.05) is 41.7 Å². The Morgan fingerprint density at radius 1 is 1.13 bits per heavy atom. The molecule has 0 bridgehead atoms. The van der Waals surface area contributed by atoms with E-state index >= 15 is 0 Å². The highest BCUT2D eigenvalue weighted by atomic mass is 32.1.